The third-order valence-electron chi connectivity index (χ3n) is 5.32. The van der Waals surface area contributed by atoms with Crippen molar-refractivity contribution in [3.05, 3.63) is 54.6 Å². The molecule has 0 unspecified atom stereocenters. The molecule has 160 valence electrons. The lowest BCUT2D eigenvalue weighted by Gasteiger charge is -2.37. The van der Waals surface area contributed by atoms with Crippen LogP contribution in [0.2, 0.25) is 0 Å². The molecule has 4 amide bonds. The fraction of sp³-hybridized carbons (Fsp3) is 0.273. The number of nitrogens with zero attached hydrogens (tertiary/aromatic N) is 2. The predicted octanol–water partition coefficient (Wildman–Crippen LogP) is 1.03. The second-order valence-electron chi connectivity index (χ2n) is 7.33. The number of carboxylic acid groups (broad SMARTS) is 1. The number of anilines is 1. The molecule has 2 fully saturated rings. The van der Waals surface area contributed by atoms with Crippen LogP contribution in [0, 0.1) is 0 Å². The Kier molecular flexibility index (Phi) is 5.57. The highest BCUT2D eigenvalue weighted by molar-refractivity contribution is 6.19. The molecule has 2 aliphatic rings. The molecular formula is C22H20N3O6-. The van der Waals surface area contributed by atoms with Gasteiger partial charge in [-0.2, -0.15) is 0 Å². The molecule has 1 N–H and O–H groups in total. The largest absolute Gasteiger partial charge is 0.550 e. The molecule has 9 nitrogen and oxygen atoms in total. The van der Waals surface area contributed by atoms with Crippen LogP contribution in [0.3, 0.4) is 0 Å². The first-order valence-electron chi connectivity index (χ1n) is 9.91. The van der Waals surface area contributed by atoms with Gasteiger partial charge in [0.05, 0.1) is 11.7 Å². The number of ether oxygens (including phenoxy) is 1. The molecule has 4 rings (SSSR count). The van der Waals surface area contributed by atoms with Gasteiger partial charge in [0.2, 0.25) is 5.91 Å². The fourth-order valence-corrected chi connectivity index (χ4v) is 3.87. The van der Waals surface area contributed by atoms with Crippen LogP contribution in [0.25, 0.3) is 0 Å². The third kappa shape index (κ3) is 4.20. The van der Waals surface area contributed by atoms with Crippen LogP contribution in [0.1, 0.15) is 19.3 Å². The first kappa shape index (κ1) is 20.4. The summed E-state index contributed by atoms with van der Waals surface area (Å²) < 4.78 is 5.73. The molecule has 0 aromatic heterocycles. The van der Waals surface area contributed by atoms with Crippen LogP contribution >= 0.6 is 0 Å². The summed E-state index contributed by atoms with van der Waals surface area (Å²) in [7, 11) is 0. The Hall–Kier alpha value is -3.88. The number of imide groups is 1. The number of hydrogen-bond donors (Lipinski definition) is 1. The van der Waals surface area contributed by atoms with Crippen LogP contribution in [0.15, 0.2) is 54.6 Å². The first-order valence-corrected chi connectivity index (χ1v) is 9.91. The highest BCUT2D eigenvalue weighted by atomic mass is 16.5. The van der Waals surface area contributed by atoms with Crippen LogP contribution in [0.4, 0.5) is 10.5 Å². The van der Waals surface area contributed by atoms with E-state index in [1.54, 1.807) is 24.3 Å². The van der Waals surface area contributed by atoms with Crippen LogP contribution in [-0.2, 0) is 14.4 Å². The van der Waals surface area contributed by atoms with Gasteiger partial charge in [-0.05, 0) is 49.2 Å². The number of rotatable bonds is 6. The Bertz CT molecular complexity index is 1010. The zero-order valence-electron chi connectivity index (χ0n) is 16.5. The molecule has 2 atom stereocenters. The van der Waals surface area contributed by atoms with Gasteiger partial charge in [-0.3, -0.25) is 9.59 Å². The Morgan fingerprint density at radius 2 is 1.68 bits per heavy atom. The van der Waals surface area contributed by atoms with E-state index in [1.165, 1.54) is 4.90 Å². The van der Waals surface area contributed by atoms with E-state index < -0.39 is 42.3 Å². The Balaban J connectivity index is 1.50. The average molecular weight is 422 g/mol. The number of fused-ring (bicyclic) bond motifs is 1. The molecule has 2 aromatic carbocycles. The maximum Gasteiger partial charge on any atom is 0.329 e. The summed E-state index contributed by atoms with van der Waals surface area (Å²) in [5, 5.41) is 13.4. The smallest absolute Gasteiger partial charge is 0.329 e. The van der Waals surface area contributed by atoms with E-state index in [0.29, 0.717) is 23.6 Å². The van der Waals surface area contributed by atoms with Crippen LogP contribution in [-0.4, -0.2) is 47.3 Å². The highest BCUT2D eigenvalue weighted by Crippen LogP contribution is 2.30. The van der Waals surface area contributed by atoms with Crippen molar-refractivity contribution in [3.63, 3.8) is 0 Å². The molecule has 0 radical (unpaired) electrons. The van der Waals surface area contributed by atoms with Crippen molar-refractivity contribution in [1.82, 2.24) is 10.2 Å². The quantitative estimate of drug-likeness (QED) is 0.743. The topological polar surface area (TPSA) is 119 Å². The number of amides is 4. The molecule has 2 saturated heterocycles. The van der Waals surface area contributed by atoms with Gasteiger partial charge in [0.1, 0.15) is 17.5 Å². The number of aliphatic carboxylic acids is 1. The number of likely N-dealkylation sites (tertiary alicyclic amines) is 1. The van der Waals surface area contributed by atoms with Gasteiger partial charge in [-0.1, -0.05) is 18.2 Å². The van der Waals surface area contributed by atoms with Crippen LogP contribution < -0.4 is 20.1 Å². The summed E-state index contributed by atoms with van der Waals surface area (Å²) in [4.78, 5) is 51.2. The van der Waals surface area contributed by atoms with Crippen molar-refractivity contribution in [2.45, 2.75) is 31.3 Å². The molecule has 0 aliphatic carbocycles. The number of carbonyl (C=O) groups excluding carboxylic acids is 4. The van der Waals surface area contributed by atoms with Gasteiger partial charge in [-0.25, -0.2) is 9.69 Å². The van der Waals surface area contributed by atoms with Gasteiger partial charge in [0, 0.05) is 18.9 Å². The van der Waals surface area contributed by atoms with E-state index in [9.17, 15) is 24.3 Å². The standard InChI is InChI=1S/C22H21N3O6/c26-18(10-11-19(27)28)24-13-12-17-20(24)21(29)25(22(30)23-17)14-6-8-16(9-7-14)31-15-4-2-1-3-5-15/h1-9,17,20H,10-13H2,(H,23,30)(H,27,28)/p-1/t17-,20+/m1/s1. The number of nitrogens with one attached hydrogen (secondary N) is 1. The maximum atomic E-state index is 13.2. The van der Waals surface area contributed by atoms with Gasteiger partial charge in [0.25, 0.3) is 5.91 Å². The van der Waals surface area contributed by atoms with Crippen molar-refractivity contribution in [2.75, 3.05) is 11.4 Å². The van der Waals surface area contributed by atoms with E-state index in [4.69, 9.17) is 4.74 Å². The minimum Gasteiger partial charge on any atom is -0.550 e. The second kappa shape index (κ2) is 8.47. The molecular weight excluding hydrogens is 402 g/mol. The van der Waals surface area contributed by atoms with Gasteiger partial charge in [-0.15, -0.1) is 0 Å². The fourth-order valence-electron chi connectivity index (χ4n) is 3.87. The lowest BCUT2D eigenvalue weighted by molar-refractivity contribution is -0.305. The lowest BCUT2D eigenvalue weighted by atomic mass is 10.0. The van der Waals surface area contributed by atoms with E-state index in [2.05, 4.69) is 5.32 Å². The molecule has 2 aromatic rings. The maximum absolute atomic E-state index is 13.2. The highest BCUT2D eigenvalue weighted by Gasteiger charge is 2.49. The SMILES string of the molecule is O=C([O-])CCC(=O)N1CC[C@H]2NC(=O)N(c3ccc(Oc4ccccc4)cc3)C(=O)[C@H]21. The second-order valence-corrected chi connectivity index (χ2v) is 7.33. The summed E-state index contributed by atoms with van der Waals surface area (Å²) in [6, 6.07) is 13.7. The summed E-state index contributed by atoms with van der Waals surface area (Å²) in [6.45, 7) is 0.269. The van der Waals surface area contributed by atoms with E-state index in [0.717, 1.165) is 4.90 Å². The number of benzene rings is 2. The first-order chi connectivity index (χ1) is 14.9. The van der Waals surface area contributed by atoms with Gasteiger partial charge in [0.15, 0.2) is 0 Å². The molecule has 9 heteroatoms. The van der Waals surface area contributed by atoms with E-state index >= 15 is 0 Å². The number of urea groups is 1. The average Bonchev–Trinajstić information content (AvgIpc) is 3.18. The minimum absolute atomic E-state index is 0.252. The third-order valence-corrected chi connectivity index (χ3v) is 5.32. The number of carbonyl (C=O) groups is 4. The number of carboxylic acids is 1. The molecule has 0 saturated carbocycles. The van der Waals surface area contributed by atoms with E-state index in [1.807, 2.05) is 30.3 Å². The Morgan fingerprint density at radius 1 is 1.00 bits per heavy atom. The molecule has 31 heavy (non-hydrogen) atoms. The molecule has 2 aliphatic heterocycles. The van der Waals surface area contributed by atoms with Gasteiger partial charge < -0.3 is 24.9 Å². The number of para-hydroxylation sites is 1. The van der Waals surface area contributed by atoms with Crippen molar-refractivity contribution in [3.8, 4) is 11.5 Å². The zero-order valence-corrected chi connectivity index (χ0v) is 16.5. The summed E-state index contributed by atoms with van der Waals surface area (Å²) in [5.74, 6) is -1.11. The van der Waals surface area contributed by atoms with Crippen molar-refractivity contribution >= 4 is 29.5 Å². The summed E-state index contributed by atoms with van der Waals surface area (Å²) >= 11 is 0. The molecule has 2 heterocycles. The Labute approximate surface area is 178 Å². The number of hydrogen-bond acceptors (Lipinski definition) is 6. The van der Waals surface area contributed by atoms with Crippen molar-refractivity contribution in [1.29, 1.82) is 0 Å². The minimum atomic E-state index is -1.33. The Morgan fingerprint density at radius 3 is 2.35 bits per heavy atom. The van der Waals surface area contributed by atoms with Crippen molar-refractivity contribution in [2.24, 2.45) is 0 Å². The summed E-state index contributed by atoms with van der Waals surface area (Å²) in [5.41, 5.74) is 0.343. The monoisotopic (exact) mass is 422 g/mol. The zero-order chi connectivity index (χ0) is 22.0. The predicted molar refractivity (Wildman–Crippen MR) is 107 cm³/mol. The normalized spacial score (nSPS) is 20.3. The van der Waals surface area contributed by atoms with E-state index in [-0.39, 0.29) is 13.0 Å². The lowest BCUT2D eigenvalue weighted by Crippen LogP contribution is -2.65. The summed E-state index contributed by atoms with van der Waals surface area (Å²) in [6.07, 6.45) is -0.241. The van der Waals surface area contributed by atoms with Crippen LogP contribution in [0.5, 0.6) is 11.5 Å². The van der Waals surface area contributed by atoms with Crippen molar-refractivity contribution < 1.29 is 29.0 Å². The molecule has 0 bridgehead atoms. The molecule has 0 spiro atoms. The van der Waals surface area contributed by atoms with Gasteiger partial charge >= 0.3 is 6.03 Å².